The molecule has 0 radical (unpaired) electrons. The fourth-order valence-corrected chi connectivity index (χ4v) is 3.97. The number of fused-ring (bicyclic) bond motifs is 1. The van der Waals surface area contributed by atoms with Crippen LogP contribution in [0.15, 0.2) is 58.5 Å². The Morgan fingerprint density at radius 2 is 1.90 bits per heavy atom. The first-order valence-electron chi connectivity index (χ1n) is 9.49. The Labute approximate surface area is 172 Å². The minimum atomic E-state index is -0.418. The number of anilines is 2. The minimum absolute atomic E-state index is 0.148. The third kappa shape index (κ3) is 4.60. The van der Waals surface area contributed by atoms with Crippen LogP contribution in [0.5, 0.6) is 0 Å². The summed E-state index contributed by atoms with van der Waals surface area (Å²) < 4.78 is 5.38. The van der Waals surface area contributed by atoms with Gasteiger partial charge in [-0.2, -0.15) is 0 Å². The molecule has 0 spiro atoms. The third-order valence-corrected chi connectivity index (χ3v) is 5.74. The van der Waals surface area contributed by atoms with Gasteiger partial charge in [-0.25, -0.2) is 4.98 Å². The first-order chi connectivity index (χ1) is 14.1. The second kappa shape index (κ2) is 8.67. The van der Waals surface area contributed by atoms with Gasteiger partial charge in [0.15, 0.2) is 5.16 Å². The van der Waals surface area contributed by atoms with E-state index in [1.54, 1.807) is 25.1 Å². The Kier molecular flexibility index (Phi) is 5.82. The number of nitrogens with zero attached hydrogens (tertiary/aromatic N) is 2. The number of carbonyl (C=O) groups is 1. The van der Waals surface area contributed by atoms with E-state index >= 15 is 0 Å². The van der Waals surface area contributed by atoms with E-state index in [1.807, 2.05) is 30.3 Å². The summed E-state index contributed by atoms with van der Waals surface area (Å²) in [6, 6.07) is 14.9. The molecule has 1 aliphatic heterocycles. The molecule has 3 aromatic rings. The number of para-hydroxylation sites is 1. The fourth-order valence-electron chi connectivity index (χ4n) is 3.16. The van der Waals surface area contributed by atoms with Gasteiger partial charge < -0.3 is 19.9 Å². The first-order valence-corrected chi connectivity index (χ1v) is 10.4. The van der Waals surface area contributed by atoms with Crippen LogP contribution in [0.3, 0.4) is 0 Å². The number of H-pyrrole nitrogens is 1. The maximum atomic E-state index is 12.6. The van der Waals surface area contributed by atoms with Crippen molar-refractivity contribution in [3.63, 3.8) is 0 Å². The van der Waals surface area contributed by atoms with Crippen LogP contribution in [0.25, 0.3) is 10.9 Å². The zero-order chi connectivity index (χ0) is 20.2. The molecule has 0 bridgehead atoms. The van der Waals surface area contributed by atoms with Crippen LogP contribution in [0, 0.1) is 0 Å². The van der Waals surface area contributed by atoms with Crippen LogP contribution in [0.4, 0.5) is 11.4 Å². The lowest BCUT2D eigenvalue weighted by atomic mass is 10.2. The van der Waals surface area contributed by atoms with Gasteiger partial charge in [-0.15, -0.1) is 0 Å². The van der Waals surface area contributed by atoms with E-state index in [9.17, 15) is 9.59 Å². The highest BCUT2D eigenvalue weighted by atomic mass is 32.2. The van der Waals surface area contributed by atoms with Gasteiger partial charge in [0.1, 0.15) is 0 Å². The van der Waals surface area contributed by atoms with Crippen LogP contribution in [-0.2, 0) is 9.53 Å². The number of carbonyl (C=O) groups excluding carboxylic acids is 1. The molecule has 1 atom stereocenters. The SMILES string of the molecule is C[C@@H](Sc1nc2ccccc2c(=O)[nH]1)C(=O)Nc1ccc(N2CCOCC2)cc1. The number of morpholine rings is 1. The van der Waals surface area contributed by atoms with Crippen molar-refractivity contribution in [3.8, 4) is 0 Å². The van der Waals surface area contributed by atoms with E-state index in [2.05, 4.69) is 20.2 Å². The van der Waals surface area contributed by atoms with Crippen LogP contribution >= 0.6 is 11.8 Å². The molecule has 2 heterocycles. The fraction of sp³-hybridized carbons (Fsp3) is 0.286. The lowest BCUT2D eigenvalue weighted by Crippen LogP contribution is -2.36. The molecule has 0 saturated carbocycles. The Morgan fingerprint density at radius 1 is 1.17 bits per heavy atom. The van der Waals surface area contributed by atoms with Crippen molar-refractivity contribution in [2.45, 2.75) is 17.3 Å². The molecule has 1 aliphatic rings. The highest BCUT2D eigenvalue weighted by Gasteiger charge is 2.17. The van der Waals surface area contributed by atoms with Gasteiger partial charge in [0.25, 0.3) is 5.56 Å². The Hall–Kier alpha value is -2.84. The van der Waals surface area contributed by atoms with Crippen molar-refractivity contribution < 1.29 is 9.53 Å². The van der Waals surface area contributed by atoms with Gasteiger partial charge in [0, 0.05) is 24.5 Å². The number of aromatic nitrogens is 2. The summed E-state index contributed by atoms with van der Waals surface area (Å²) in [5.41, 5.74) is 2.26. The van der Waals surface area contributed by atoms with Gasteiger partial charge in [0.2, 0.25) is 5.91 Å². The van der Waals surface area contributed by atoms with Crippen molar-refractivity contribution in [1.82, 2.24) is 9.97 Å². The summed E-state index contributed by atoms with van der Waals surface area (Å²) in [6.07, 6.45) is 0. The van der Waals surface area contributed by atoms with Gasteiger partial charge in [0.05, 0.1) is 29.4 Å². The van der Waals surface area contributed by atoms with Gasteiger partial charge in [-0.3, -0.25) is 9.59 Å². The number of hydrogen-bond donors (Lipinski definition) is 2. The smallest absolute Gasteiger partial charge is 0.259 e. The summed E-state index contributed by atoms with van der Waals surface area (Å²) in [6.45, 7) is 5.00. The molecule has 0 unspecified atom stereocenters. The number of benzene rings is 2. The Balaban J connectivity index is 1.40. The number of nitrogens with one attached hydrogen (secondary N) is 2. The summed E-state index contributed by atoms with van der Waals surface area (Å²) in [5.74, 6) is -0.148. The lowest BCUT2D eigenvalue weighted by molar-refractivity contribution is -0.115. The van der Waals surface area contributed by atoms with E-state index in [1.165, 1.54) is 11.8 Å². The number of hydrogen-bond acceptors (Lipinski definition) is 6. The van der Waals surface area contributed by atoms with Gasteiger partial charge >= 0.3 is 0 Å². The molecule has 1 saturated heterocycles. The zero-order valence-electron chi connectivity index (χ0n) is 16.1. The van der Waals surface area contributed by atoms with Crippen molar-refractivity contribution in [1.29, 1.82) is 0 Å². The molecule has 7 nitrogen and oxygen atoms in total. The topological polar surface area (TPSA) is 87.3 Å². The quantitative estimate of drug-likeness (QED) is 0.497. The molecule has 0 aliphatic carbocycles. The molecule has 8 heteroatoms. The lowest BCUT2D eigenvalue weighted by Gasteiger charge is -2.28. The monoisotopic (exact) mass is 410 g/mol. The van der Waals surface area contributed by atoms with E-state index in [4.69, 9.17) is 4.74 Å². The molecule has 1 aromatic heterocycles. The van der Waals surface area contributed by atoms with Crippen LogP contribution in [0.2, 0.25) is 0 Å². The molecule has 4 rings (SSSR count). The van der Waals surface area contributed by atoms with Gasteiger partial charge in [-0.1, -0.05) is 23.9 Å². The number of ether oxygens (including phenoxy) is 1. The average Bonchev–Trinajstić information content (AvgIpc) is 2.75. The normalized spacial score (nSPS) is 15.3. The molecule has 2 N–H and O–H groups in total. The standard InChI is InChI=1S/C21H22N4O3S/c1-14(29-21-23-18-5-3-2-4-17(18)20(27)24-21)19(26)22-15-6-8-16(9-7-15)25-10-12-28-13-11-25/h2-9,14H,10-13H2,1H3,(H,22,26)(H,23,24,27)/t14-/m1/s1. The second-order valence-corrected chi connectivity index (χ2v) is 8.11. The molecule has 29 heavy (non-hydrogen) atoms. The summed E-state index contributed by atoms with van der Waals surface area (Å²) in [4.78, 5) is 34.2. The molecule has 2 aromatic carbocycles. The van der Waals surface area contributed by atoms with Crippen molar-refractivity contribution >= 4 is 39.9 Å². The third-order valence-electron chi connectivity index (χ3n) is 4.76. The average molecular weight is 410 g/mol. The molecular weight excluding hydrogens is 388 g/mol. The molecule has 1 fully saturated rings. The minimum Gasteiger partial charge on any atom is -0.378 e. The van der Waals surface area contributed by atoms with Crippen LogP contribution in [-0.4, -0.2) is 47.4 Å². The molecular formula is C21H22N4O3S. The highest BCUT2D eigenvalue weighted by Crippen LogP contribution is 2.23. The summed E-state index contributed by atoms with van der Waals surface area (Å²) >= 11 is 1.22. The molecule has 150 valence electrons. The zero-order valence-corrected chi connectivity index (χ0v) is 16.9. The summed E-state index contributed by atoms with van der Waals surface area (Å²) in [5, 5.41) is 3.47. The Morgan fingerprint density at radius 3 is 2.66 bits per heavy atom. The van der Waals surface area contributed by atoms with Gasteiger partial charge in [-0.05, 0) is 43.3 Å². The predicted octanol–water partition coefficient (Wildman–Crippen LogP) is 2.88. The second-order valence-electron chi connectivity index (χ2n) is 6.78. The number of rotatable bonds is 5. The van der Waals surface area contributed by atoms with E-state index in [0.29, 0.717) is 16.1 Å². The van der Waals surface area contributed by atoms with Crippen molar-refractivity contribution in [3.05, 3.63) is 58.9 Å². The molecule has 1 amide bonds. The van der Waals surface area contributed by atoms with Crippen LogP contribution < -0.4 is 15.8 Å². The first kappa shape index (κ1) is 19.5. The number of aromatic amines is 1. The number of thioether (sulfide) groups is 1. The number of amides is 1. The van der Waals surface area contributed by atoms with Crippen molar-refractivity contribution in [2.75, 3.05) is 36.5 Å². The highest BCUT2D eigenvalue weighted by molar-refractivity contribution is 8.00. The largest absolute Gasteiger partial charge is 0.378 e. The van der Waals surface area contributed by atoms with E-state index < -0.39 is 5.25 Å². The predicted molar refractivity (Wildman–Crippen MR) is 116 cm³/mol. The maximum absolute atomic E-state index is 12.6. The summed E-state index contributed by atoms with van der Waals surface area (Å²) in [7, 11) is 0. The Bertz CT molecular complexity index is 1060. The van der Waals surface area contributed by atoms with E-state index in [-0.39, 0.29) is 11.5 Å². The van der Waals surface area contributed by atoms with E-state index in [0.717, 1.165) is 37.7 Å². The van der Waals surface area contributed by atoms with Crippen LogP contribution in [0.1, 0.15) is 6.92 Å². The van der Waals surface area contributed by atoms with Crippen molar-refractivity contribution in [2.24, 2.45) is 0 Å². The maximum Gasteiger partial charge on any atom is 0.259 e.